The second-order valence-electron chi connectivity index (χ2n) is 5.86. The number of guanidine groups is 1. The second kappa shape index (κ2) is 10.6. The van der Waals surface area contributed by atoms with Crippen molar-refractivity contribution in [3.05, 3.63) is 0 Å². The Labute approximate surface area is 140 Å². The molecule has 0 saturated carbocycles. The molecular formula is C15H31FIN3. The van der Waals surface area contributed by atoms with Crippen molar-refractivity contribution < 1.29 is 4.39 Å². The van der Waals surface area contributed by atoms with Crippen LogP contribution in [0.3, 0.4) is 0 Å². The molecule has 1 rings (SSSR count). The van der Waals surface area contributed by atoms with E-state index in [1.54, 1.807) is 0 Å². The van der Waals surface area contributed by atoms with Crippen molar-refractivity contribution in [3.8, 4) is 0 Å². The van der Waals surface area contributed by atoms with Gasteiger partial charge in [-0.2, -0.15) is 0 Å². The maximum Gasteiger partial charge on any atom is 0.193 e. The molecule has 0 aromatic carbocycles. The molecular weight excluding hydrogens is 368 g/mol. The molecule has 1 atom stereocenters. The van der Waals surface area contributed by atoms with E-state index in [1.807, 2.05) is 0 Å². The Bertz CT molecular complexity index is 282. The molecule has 1 saturated heterocycles. The highest BCUT2D eigenvalue weighted by atomic mass is 127. The normalized spacial score (nSPS) is 23.4. The van der Waals surface area contributed by atoms with Gasteiger partial charge in [-0.25, -0.2) is 0 Å². The summed E-state index contributed by atoms with van der Waals surface area (Å²) < 4.78 is 12.2. The lowest BCUT2D eigenvalue weighted by molar-refractivity contribution is 0.142. The minimum atomic E-state index is -0.281. The number of piperidine rings is 1. The van der Waals surface area contributed by atoms with E-state index in [2.05, 4.69) is 36.0 Å². The lowest BCUT2D eigenvalue weighted by atomic mass is 9.78. The van der Waals surface area contributed by atoms with Gasteiger partial charge in [-0.1, -0.05) is 20.3 Å². The number of hydrogen-bond donors (Lipinski definition) is 1. The highest BCUT2D eigenvalue weighted by Gasteiger charge is 2.31. The zero-order chi connectivity index (χ0) is 14.1. The average Bonchev–Trinajstić information content (AvgIpc) is 2.38. The van der Waals surface area contributed by atoms with Crippen molar-refractivity contribution in [2.45, 2.75) is 52.9 Å². The molecule has 5 heteroatoms. The van der Waals surface area contributed by atoms with Crippen LogP contribution in [0.2, 0.25) is 0 Å². The van der Waals surface area contributed by atoms with Crippen LogP contribution in [0.25, 0.3) is 0 Å². The molecule has 0 aliphatic carbocycles. The van der Waals surface area contributed by atoms with E-state index >= 15 is 0 Å². The van der Waals surface area contributed by atoms with Crippen molar-refractivity contribution in [1.29, 1.82) is 0 Å². The molecule has 1 N–H and O–H groups in total. The lowest BCUT2D eigenvalue weighted by Gasteiger charge is -2.42. The lowest BCUT2D eigenvalue weighted by Crippen LogP contribution is -2.49. The van der Waals surface area contributed by atoms with Crippen LogP contribution in [0, 0.1) is 5.41 Å². The summed E-state index contributed by atoms with van der Waals surface area (Å²) in [5, 5.41) is 3.34. The second-order valence-corrected chi connectivity index (χ2v) is 5.86. The molecule has 1 fully saturated rings. The fraction of sp³-hybridized carbons (Fsp3) is 0.933. The molecule has 0 aromatic rings. The number of hydrogen-bond acceptors (Lipinski definition) is 1. The predicted molar refractivity (Wildman–Crippen MR) is 95.8 cm³/mol. The first-order valence-corrected chi connectivity index (χ1v) is 7.74. The number of aliphatic imine (C=N–C) groups is 1. The van der Waals surface area contributed by atoms with Crippen molar-refractivity contribution in [3.63, 3.8) is 0 Å². The van der Waals surface area contributed by atoms with E-state index in [4.69, 9.17) is 0 Å². The Morgan fingerprint density at radius 2 is 2.15 bits per heavy atom. The maximum atomic E-state index is 12.2. The Balaban J connectivity index is 0.00000361. The monoisotopic (exact) mass is 399 g/mol. The maximum absolute atomic E-state index is 12.2. The summed E-state index contributed by atoms with van der Waals surface area (Å²) in [5.74, 6) is 0.970. The van der Waals surface area contributed by atoms with Crippen molar-refractivity contribution in [1.82, 2.24) is 10.2 Å². The first kappa shape index (κ1) is 19.9. The molecule has 1 heterocycles. The van der Waals surface area contributed by atoms with E-state index in [0.29, 0.717) is 18.4 Å². The molecule has 3 nitrogen and oxygen atoms in total. The molecule has 0 radical (unpaired) electrons. The Hall–Kier alpha value is -0.0700. The van der Waals surface area contributed by atoms with Gasteiger partial charge in [-0.3, -0.25) is 9.38 Å². The smallest absolute Gasteiger partial charge is 0.193 e. The molecule has 1 aliphatic rings. The van der Waals surface area contributed by atoms with Gasteiger partial charge in [0.2, 0.25) is 0 Å². The van der Waals surface area contributed by atoms with Crippen LogP contribution in [0.1, 0.15) is 52.9 Å². The number of nitrogens with one attached hydrogen (secondary N) is 1. The van der Waals surface area contributed by atoms with Gasteiger partial charge in [0.25, 0.3) is 0 Å². The fourth-order valence-corrected chi connectivity index (χ4v) is 2.97. The Morgan fingerprint density at radius 3 is 2.75 bits per heavy atom. The summed E-state index contributed by atoms with van der Waals surface area (Å²) in [7, 11) is 0. The first-order valence-electron chi connectivity index (χ1n) is 7.74. The van der Waals surface area contributed by atoms with Gasteiger partial charge < -0.3 is 10.2 Å². The van der Waals surface area contributed by atoms with Gasteiger partial charge in [0.05, 0.1) is 6.67 Å². The number of nitrogens with zero attached hydrogens (tertiary/aromatic N) is 2. The predicted octanol–water partition coefficient (Wildman–Crippen LogP) is 3.83. The van der Waals surface area contributed by atoms with Crippen LogP contribution >= 0.6 is 24.0 Å². The van der Waals surface area contributed by atoms with Crippen molar-refractivity contribution in [2.75, 3.05) is 32.9 Å². The van der Waals surface area contributed by atoms with Crippen LogP contribution in [0.4, 0.5) is 4.39 Å². The number of likely N-dealkylation sites (tertiary alicyclic amines) is 1. The van der Waals surface area contributed by atoms with E-state index < -0.39 is 0 Å². The van der Waals surface area contributed by atoms with E-state index in [1.165, 1.54) is 25.7 Å². The molecule has 120 valence electrons. The van der Waals surface area contributed by atoms with E-state index in [9.17, 15) is 4.39 Å². The Kier molecular flexibility index (Phi) is 10.6. The molecule has 0 aromatic heterocycles. The van der Waals surface area contributed by atoms with Gasteiger partial charge in [-0.15, -0.1) is 24.0 Å². The van der Waals surface area contributed by atoms with Crippen LogP contribution in [0.15, 0.2) is 4.99 Å². The van der Waals surface area contributed by atoms with Crippen molar-refractivity contribution in [2.24, 2.45) is 10.4 Å². The third kappa shape index (κ3) is 6.59. The van der Waals surface area contributed by atoms with Crippen LogP contribution < -0.4 is 5.32 Å². The summed E-state index contributed by atoms with van der Waals surface area (Å²) in [6.45, 7) is 10.0. The van der Waals surface area contributed by atoms with Gasteiger partial charge in [0.1, 0.15) is 0 Å². The van der Waals surface area contributed by atoms with Crippen LogP contribution in [-0.4, -0.2) is 43.7 Å². The van der Waals surface area contributed by atoms with Crippen LogP contribution in [0.5, 0.6) is 0 Å². The summed E-state index contributed by atoms with van der Waals surface area (Å²) in [5.41, 5.74) is 0.406. The third-order valence-corrected chi connectivity index (χ3v) is 3.82. The van der Waals surface area contributed by atoms with Gasteiger partial charge in [0, 0.05) is 26.2 Å². The minimum absolute atomic E-state index is 0. The topological polar surface area (TPSA) is 27.6 Å². The van der Waals surface area contributed by atoms with Crippen molar-refractivity contribution >= 4 is 29.9 Å². The van der Waals surface area contributed by atoms with Gasteiger partial charge >= 0.3 is 0 Å². The van der Waals surface area contributed by atoms with E-state index in [-0.39, 0.29) is 30.7 Å². The van der Waals surface area contributed by atoms with E-state index in [0.717, 1.165) is 25.6 Å². The first-order chi connectivity index (χ1) is 9.15. The summed E-state index contributed by atoms with van der Waals surface area (Å²) in [6.07, 6.45) is 5.56. The van der Waals surface area contributed by atoms with Crippen LogP contribution in [-0.2, 0) is 0 Å². The number of halogens is 2. The summed E-state index contributed by atoms with van der Waals surface area (Å²) in [4.78, 5) is 6.91. The Morgan fingerprint density at radius 1 is 1.40 bits per heavy atom. The molecule has 0 spiro atoms. The standard InChI is InChI=1S/C15H30FN3.HI/c1-4-8-15(3)9-6-12-19(13-15)14(17-5-2)18-11-7-10-16;/h4-13H2,1-3H3,(H,17,18);1H. The van der Waals surface area contributed by atoms with Gasteiger partial charge in [-0.05, 0) is 38.0 Å². The van der Waals surface area contributed by atoms with Gasteiger partial charge in [0.15, 0.2) is 5.96 Å². The fourth-order valence-electron chi connectivity index (χ4n) is 2.97. The summed E-state index contributed by atoms with van der Waals surface area (Å²) >= 11 is 0. The molecule has 0 amide bonds. The molecule has 1 unspecified atom stereocenters. The zero-order valence-electron chi connectivity index (χ0n) is 13.3. The zero-order valence-corrected chi connectivity index (χ0v) is 15.6. The largest absolute Gasteiger partial charge is 0.357 e. The average molecular weight is 399 g/mol. The SMILES string of the molecule is CCCC1(C)CCCN(C(=NCCCF)NCC)C1.I. The highest BCUT2D eigenvalue weighted by molar-refractivity contribution is 14.0. The molecule has 1 aliphatic heterocycles. The molecule has 20 heavy (non-hydrogen) atoms. The third-order valence-electron chi connectivity index (χ3n) is 3.82. The number of rotatable bonds is 6. The quantitative estimate of drug-likeness (QED) is 0.318. The number of alkyl halides is 1. The minimum Gasteiger partial charge on any atom is -0.357 e. The summed E-state index contributed by atoms with van der Waals surface area (Å²) in [6, 6.07) is 0. The molecule has 0 bridgehead atoms. The highest BCUT2D eigenvalue weighted by Crippen LogP contribution is 2.33.